The fraction of sp³-hybridized carbons (Fsp3) is 0.368. The summed E-state index contributed by atoms with van der Waals surface area (Å²) in [5.41, 5.74) is 1.53. The number of hydrogen-bond acceptors (Lipinski definition) is 7. The fourth-order valence-electron chi connectivity index (χ4n) is 3.07. The monoisotopic (exact) mass is 367 g/mol. The van der Waals surface area contributed by atoms with Crippen molar-refractivity contribution in [2.24, 2.45) is 5.92 Å². The lowest BCUT2D eigenvalue weighted by Gasteiger charge is -2.23. The Morgan fingerprint density at radius 3 is 2.78 bits per heavy atom. The number of carbonyl (C=O) groups is 1. The molecule has 0 saturated carbocycles. The number of oxazole rings is 1. The lowest BCUT2D eigenvalue weighted by Crippen LogP contribution is -2.37. The van der Waals surface area contributed by atoms with Crippen molar-refractivity contribution in [2.75, 3.05) is 16.8 Å². The average molecular weight is 367 g/mol. The van der Waals surface area contributed by atoms with Crippen LogP contribution in [0.5, 0.6) is 0 Å². The predicted octanol–water partition coefficient (Wildman–Crippen LogP) is 3.77. The van der Waals surface area contributed by atoms with E-state index < -0.39 is 0 Å². The lowest BCUT2D eigenvalue weighted by atomic mass is 10.0. The maximum atomic E-state index is 12.1. The molecule has 1 aromatic carbocycles. The molecule has 140 valence electrons. The molecule has 2 aromatic heterocycles. The lowest BCUT2D eigenvalue weighted by molar-refractivity contribution is 0.177. The quantitative estimate of drug-likeness (QED) is 0.733. The number of nitrogens with zero attached hydrogens (tertiary/aromatic N) is 4. The molecule has 0 unspecified atom stereocenters. The van der Waals surface area contributed by atoms with Crippen LogP contribution in [-0.4, -0.2) is 33.7 Å². The fourth-order valence-corrected chi connectivity index (χ4v) is 3.07. The van der Waals surface area contributed by atoms with Gasteiger partial charge < -0.3 is 14.5 Å². The highest BCUT2D eigenvalue weighted by Gasteiger charge is 2.37. The third-order valence-electron chi connectivity index (χ3n) is 4.59. The number of nitrogens with one attached hydrogen (secondary N) is 1. The second kappa shape index (κ2) is 6.86. The Bertz CT molecular complexity index is 938. The van der Waals surface area contributed by atoms with Crippen LogP contribution in [0.4, 0.5) is 16.6 Å². The number of para-hydroxylation sites is 2. The normalized spacial score (nSPS) is 18.1. The average Bonchev–Trinajstić information content (AvgIpc) is 3.25. The molecule has 0 spiro atoms. The van der Waals surface area contributed by atoms with E-state index in [9.17, 15) is 4.79 Å². The Kier molecular flexibility index (Phi) is 4.39. The summed E-state index contributed by atoms with van der Waals surface area (Å²) in [7, 11) is 0. The van der Waals surface area contributed by atoms with Gasteiger partial charge in [-0.2, -0.15) is 4.98 Å². The summed E-state index contributed by atoms with van der Waals surface area (Å²) in [6, 6.07) is 9.02. The first-order valence-electron chi connectivity index (χ1n) is 8.94. The largest absolute Gasteiger partial charge is 0.447 e. The van der Waals surface area contributed by atoms with Crippen molar-refractivity contribution in [1.29, 1.82) is 0 Å². The minimum Gasteiger partial charge on any atom is -0.447 e. The molecule has 0 radical (unpaired) electrons. The number of hydrogen-bond donors (Lipinski definition) is 1. The number of amides is 1. The number of fused-ring (bicyclic) bond motifs is 1. The molecule has 3 heterocycles. The molecule has 0 bridgehead atoms. The van der Waals surface area contributed by atoms with Gasteiger partial charge >= 0.3 is 6.09 Å². The minimum atomic E-state index is -0.384. The number of anilines is 2. The SMILES string of the molecule is CC(C)[C@H]1COC(=O)N1c1ccnc(N[C@H](C)c2nc3ccccc3o2)n1. The van der Waals surface area contributed by atoms with Crippen molar-refractivity contribution in [2.45, 2.75) is 32.9 Å². The van der Waals surface area contributed by atoms with E-state index >= 15 is 0 Å². The Morgan fingerprint density at radius 1 is 1.19 bits per heavy atom. The molecule has 1 amide bonds. The Labute approximate surface area is 156 Å². The van der Waals surface area contributed by atoms with Crippen molar-refractivity contribution >= 4 is 29.0 Å². The second-order valence-corrected chi connectivity index (χ2v) is 6.88. The summed E-state index contributed by atoms with van der Waals surface area (Å²) in [5, 5.41) is 3.18. The van der Waals surface area contributed by atoms with Crippen LogP contribution < -0.4 is 10.2 Å². The molecule has 2 atom stereocenters. The van der Waals surface area contributed by atoms with Crippen LogP contribution in [0.1, 0.15) is 32.7 Å². The number of benzene rings is 1. The van der Waals surface area contributed by atoms with E-state index in [4.69, 9.17) is 9.15 Å². The van der Waals surface area contributed by atoms with Gasteiger partial charge in [-0.25, -0.2) is 14.8 Å². The molecule has 8 nitrogen and oxygen atoms in total. The van der Waals surface area contributed by atoms with E-state index in [0.717, 1.165) is 11.1 Å². The predicted molar refractivity (Wildman–Crippen MR) is 101 cm³/mol. The third kappa shape index (κ3) is 3.30. The van der Waals surface area contributed by atoms with Gasteiger partial charge in [0, 0.05) is 6.20 Å². The van der Waals surface area contributed by atoms with Gasteiger partial charge in [0.1, 0.15) is 24.0 Å². The molecular weight excluding hydrogens is 346 g/mol. The van der Waals surface area contributed by atoms with E-state index in [0.29, 0.717) is 24.3 Å². The highest BCUT2D eigenvalue weighted by molar-refractivity contribution is 5.89. The standard InChI is InChI=1S/C19H21N5O3/c1-11(2)14-10-26-19(25)24(14)16-8-9-20-18(23-16)21-12(3)17-22-13-6-4-5-7-15(13)27-17/h4-9,11-12,14H,10H2,1-3H3,(H,20,21,23)/t12-,14-/m1/s1. The van der Waals surface area contributed by atoms with Crippen molar-refractivity contribution in [1.82, 2.24) is 15.0 Å². The van der Waals surface area contributed by atoms with Gasteiger partial charge in [-0.3, -0.25) is 4.90 Å². The highest BCUT2D eigenvalue weighted by atomic mass is 16.6. The topological polar surface area (TPSA) is 93.4 Å². The van der Waals surface area contributed by atoms with Crippen LogP contribution in [0.3, 0.4) is 0 Å². The Morgan fingerprint density at radius 2 is 2.00 bits per heavy atom. The molecular formula is C19H21N5O3. The van der Waals surface area contributed by atoms with Crippen LogP contribution in [-0.2, 0) is 4.74 Å². The molecule has 1 fully saturated rings. The first kappa shape index (κ1) is 17.3. The molecule has 8 heteroatoms. The van der Waals surface area contributed by atoms with Gasteiger partial charge in [-0.15, -0.1) is 0 Å². The van der Waals surface area contributed by atoms with Crippen LogP contribution in [0.2, 0.25) is 0 Å². The summed E-state index contributed by atoms with van der Waals surface area (Å²) in [6.45, 7) is 6.38. The van der Waals surface area contributed by atoms with Gasteiger partial charge in [-0.05, 0) is 31.0 Å². The van der Waals surface area contributed by atoms with Crippen LogP contribution >= 0.6 is 0 Å². The van der Waals surface area contributed by atoms with Gasteiger partial charge in [0.2, 0.25) is 11.8 Å². The summed E-state index contributed by atoms with van der Waals surface area (Å²) < 4.78 is 11.0. The summed E-state index contributed by atoms with van der Waals surface area (Å²) in [4.78, 5) is 27.0. The van der Waals surface area contributed by atoms with E-state index in [-0.39, 0.29) is 24.1 Å². The van der Waals surface area contributed by atoms with Crippen molar-refractivity contribution in [3.63, 3.8) is 0 Å². The number of cyclic esters (lactones) is 1. The maximum Gasteiger partial charge on any atom is 0.415 e. The zero-order valence-corrected chi connectivity index (χ0v) is 15.4. The number of rotatable bonds is 5. The van der Waals surface area contributed by atoms with Crippen LogP contribution in [0, 0.1) is 5.92 Å². The highest BCUT2D eigenvalue weighted by Crippen LogP contribution is 2.27. The zero-order valence-electron chi connectivity index (χ0n) is 15.4. The van der Waals surface area contributed by atoms with Crippen molar-refractivity contribution in [3.8, 4) is 0 Å². The number of ether oxygens (including phenoxy) is 1. The van der Waals surface area contributed by atoms with Gasteiger partial charge in [-0.1, -0.05) is 26.0 Å². The van der Waals surface area contributed by atoms with Gasteiger partial charge in [0.15, 0.2) is 5.58 Å². The zero-order chi connectivity index (χ0) is 19.0. The molecule has 1 aliphatic heterocycles. The first-order chi connectivity index (χ1) is 13.0. The second-order valence-electron chi connectivity index (χ2n) is 6.88. The van der Waals surface area contributed by atoms with Crippen LogP contribution in [0.15, 0.2) is 40.9 Å². The van der Waals surface area contributed by atoms with Crippen molar-refractivity contribution < 1.29 is 13.9 Å². The van der Waals surface area contributed by atoms with Crippen LogP contribution in [0.25, 0.3) is 11.1 Å². The molecule has 27 heavy (non-hydrogen) atoms. The molecule has 1 saturated heterocycles. The molecule has 0 aliphatic carbocycles. The summed E-state index contributed by atoms with van der Waals surface area (Å²) in [6.07, 6.45) is 1.23. The number of carbonyl (C=O) groups excluding carboxylic acids is 1. The molecule has 4 rings (SSSR count). The van der Waals surface area contributed by atoms with E-state index in [1.165, 1.54) is 0 Å². The van der Waals surface area contributed by atoms with E-state index in [1.807, 2.05) is 31.2 Å². The van der Waals surface area contributed by atoms with Gasteiger partial charge in [0.05, 0.1) is 6.04 Å². The minimum absolute atomic E-state index is 0.0466. The Balaban J connectivity index is 1.56. The van der Waals surface area contributed by atoms with Crippen molar-refractivity contribution in [3.05, 3.63) is 42.4 Å². The molecule has 1 aliphatic rings. The Hall–Kier alpha value is -3.16. The molecule has 3 aromatic rings. The summed E-state index contributed by atoms with van der Waals surface area (Å²) >= 11 is 0. The maximum absolute atomic E-state index is 12.1. The van der Waals surface area contributed by atoms with E-state index in [1.54, 1.807) is 17.2 Å². The first-order valence-corrected chi connectivity index (χ1v) is 8.94. The number of aromatic nitrogens is 3. The third-order valence-corrected chi connectivity index (χ3v) is 4.59. The molecule has 1 N–H and O–H groups in total. The van der Waals surface area contributed by atoms with Gasteiger partial charge in [0.25, 0.3) is 0 Å². The van der Waals surface area contributed by atoms with E-state index in [2.05, 4.69) is 34.1 Å². The summed E-state index contributed by atoms with van der Waals surface area (Å²) in [5.74, 6) is 1.70. The smallest absolute Gasteiger partial charge is 0.415 e.